The summed E-state index contributed by atoms with van der Waals surface area (Å²) in [5.41, 5.74) is 5.80. The molecule has 0 spiro atoms. The smallest absolute Gasteiger partial charge is 0.0869 e. The molecule has 0 amide bonds. The maximum atomic E-state index is 5.80. The van der Waals surface area contributed by atoms with E-state index in [9.17, 15) is 0 Å². The van der Waals surface area contributed by atoms with Crippen molar-refractivity contribution in [2.75, 3.05) is 5.73 Å². The van der Waals surface area contributed by atoms with E-state index in [2.05, 4.69) is 36.4 Å². The van der Waals surface area contributed by atoms with Crippen LogP contribution in [0.2, 0.25) is 0 Å². The summed E-state index contributed by atoms with van der Waals surface area (Å²) in [5, 5.41) is 4.70. The van der Waals surface area contributed by atoms with Crippen LogP contribution in [-0.4, -0.2) is 0 Å². The van der Waals surface area contributed by atoms with E-state index < -0.39 is 0 Å². The van der Waals surface area contributed by atoms with E-state index in [0.29, 0.717) is 0 Å². The van der Waals surface area contributed by atoms with E-state index in [4.69, 9.17) is 5.73 Å². The molecule has 0 saturated carbocycles. The Morgan fingerprint density at radius 3 is 2.64 bits per heavy atom. The number of nitrogen functional groups attached to an aromatic ring is 1. The molecule has 0 bridgehead atoms. The molecule has 0 fully saturated rings. The van der Waals surface area contributed by atoms with Gasteiger partial charge in [-0.15, -0.1) is 11.3 Å². The zero-order valence-electron chi connectivity index (χ0n) is 7.53. The zero-order valence-corrected chi connectivity index (χ0v) is 8.34. The number of nitrogens with two attached hydrogens (primary N) is 1. The van der Waals surface area contributed by atoms with Gasteiger partial charge in [0, 0.05) is 4.70 Å². The summed E-state index contributed by atoms with van der Waals surface area (Å²) in [6.07, 6.45) is 0. The minimum Gasteiger partial charge on any atom is -0.391 e. The second kappa shape index (κ2) is 2.72. The number of anilines is 1. The van der Waals surface area contributed by atoms with Gasteiger partial charge in [0.1, 0.15) is 0 Å². The van der Waals surface area contributed by atoms with E-state index in [1.165, 1.54) is 20.9 Å². The average molecular weight is 199 g/mol. The van der Waals surface area contributed by atoms with Crippen LogP contribution in [0.25, 0.3) is 20.9 Å². The van der Waals surface area contributed by atoms with Gasteiger partial charge in [0.05, 0.1) is 5.00 Å². The lowest BCUT2D eigenvalue weighted by Gasteiger charge is -1.97. The predicted octanol–water partition coefficient (Wildman–Crippen LogP) is 3.64. The molecular weight excluding hydrogens is 190 g/mol. The van der Waals surface area contributed by atoms with E-state index in [-0.39, 0.29) is 0 Å². The van der Waals surface area contributed by atoms with Crippen molar-refractivity contribution in [3.8, 4) is 0 Å². The minimum atomic E-state index is 0.886. The highest BCUT2D eigenvalue weighted by Gasteiger charge is 2.02. The van der Waals surface area contributed by atoms with Crippen LogP contribution in [0.3, 0.4) is 0 Å². The summed E-state index contributed by atoms with van der Waals surface area (Å²) >= 11 is 1.66. The second-order valence-electron chi connectivity index (χ2n) is 3.35. The van der Waals surface area contributed by atoms with Crippen LogP contribution >= 0.6 is 11.3 Å². The molecule has 3 rings (SSSR count). The summed E-state index contributed by atoms with van der Waals surface area (Å²) in [5.74, 6) is 0. The van der Waals surface area contributed by atoms with Crippen molar-refractivity contribution in [2.24, 2.45) is 0 Å². The predicted molar refractivity (Wildman–Crippen MR) is 63.7 cm³/mol. The molecular formula is C12H9NS. The van der Waals surface area contributed by atoms with Gasteiger partial charge in [0.15, 0.2) is 0 Å². The van der Waals surface area contributed by atoms with Gasteiger partial charge in [-0.3, -0.25) is 0 Å². The quantitative estimate of drug-likeness (QED) is 0.587. The van der Waals surface area contributed by atoms with E-state index in [0.717, 1.165) is 5.00 Å². The molecule has 1 aromatic heterocycles. The Labute approximate surface area is 85.8 Å². The molecule has 0 aliphatic carbocycles. The van der Waals surface area contributed by atoms with Gasteiger partial charge >= 0.3 is 0 Å². The topological polar surface area (TPSA) is 26.0 Å². The van der Waals surface area contributed by atoms with Crippen LogP contribution in [0.4, 0.5) is 5.00 Å². The Morgan fingerprint density at radius 2 is 1.71 bits per heavy atom. The average Bonchev–Trinajstić information content (AvgIpc) is 2.59. The maximum Gasteiger partial charge on any atom is 0.0869 e. The van der Waals surface area contributed by atoms with Crippen molar-refractivity contribution in [1.82, 2.24) is 0 Å². The van der Waals surface area contributed by atoms with Crippen LogP contribution in [0.5, 0.6) is 0 Å². The van der Waals surface area contributed by atoms with Crippen molar-refractivity contribution in [3.05, 3.63) is 42.5 Å². The molecule has 0 unspecified atom stereocenters. The van der Waals surface area contributed by atoms with Crippen LogP contribution in [0, 0.1) is 0 Å². The molecule has 0 saturated heterocycles. The summed E-state index contributed by atoms with van der Waals surface area (Å²) < 4.78 is 1.29. The Bertz CT molecular complexity index is 610. The molecule has 1 heterocycles. The highest BCUT2D eigenvalue weighted by atomic mass is 32.1. The molecule has 2 N–H and O–H groups in total. The summed E-state index contributed by atoms with van der Waals surface area (Å²) in [7, 11) is 0. The van der Waals surface area contributed by atoms with E-state index in [1.54, 1.807) is 11.3 Å². The van der Waals surface area contributed by atoms with Crippen molar-refractivity contribution in [1.29, 1.82) is 0 Å². The first-order valence-electron chi connectivity index (χ1n) is 4.51. The number of hydrogen-bond acceptors (Lipinski definition) is 2. The normalized spacial score (nSPS) is 11.1. The number of fused-ring (bicyclic) bond motifs is 3. The number of rotatable bonds is 0. The van der Waals surface area contributed by atoms with Gasteiger partial charge in [-0.2, -0.15) is 0 Å². The maximum absolute atomic E-state index is 5.80. The molecule has 14 heavy (non-hydrogen) atoms. The monoisotopic (exact) mass is 199 g/mol. The molecule has 0 atom stereocenters. The highest BCUT2D eigenvalue weighted by Crippen LogP contribution is 2.33. The Balaban J connectivity index is 2.60. The zero-order chi connectivity index (χ0) is 9.54. The Morgan fingerprint density at radius 1 is 0.929 bits per heavy atom. The first-order chi connectivity index (χ1) is 6.84. The summed E-state index contributed by atoms with van der Waals surface area (Å²) in [4.78, 5) is 0. The van der Waals surface area contributed by atoms with Crippen molar-refractivity contribution in [3.63, 3.8) is 0 Å². The molecule has 1 nitrogen and oxygen atoms in total. The molecule has 0 radical (unpaired) electrons. The SMILES string of the molecule is Nc1cc2ccc3ccccc3c2s1. The van der Waals surface area contributed by atoms with Gasteiger partial charge in [-0.05, 0) is 22.2 Å². The molecule has 2 aromatic carbocycles. The van der Waals surface area contributed by atoms with E-state index in [1.807, 2.05) is 6.07 Å². The Hall–Kier alpha value is -1.54. The molecule has 0 aliphatic rings. The van der Waals surface area contributed by atoms with Crippen molar-refractivity contribution >= 4 is 37.2 Å². The van der Waals surface area contributed by atoms with Crippen LogP contribution in [0.1, 0.15) is 0 Å². The molecule has 3 aromatic rings. The molecule has 2 heteroatoms. The first kappa shape index (κ1) is 7.83. The fourth-order valence-electron chi connectivity index (χ4n) is 1.79. The van der Waals surface area contributed by atoms with Crippen LogP contribution in [-0.2, 0) is 0 Å². The van der Waals surface area contributed by atoms with Gasteiger partial charge < -0.3 is 5.73 Å². The van der Waals surface area contributed by atoms with Crippen molar-refractivity contribution in [2.45, 2.75) is 0 Å². The van der Waals surface area contributed by atoms with Crippen molar-refractivity contribution < 1.29 is 0 Å². The lowest BCUT2D eigenvalue weighted by Crippen LogP contribution is -1.72. The lowest BCUT2D eigenvalue weighted by molar-refractivity contribution is 1.82. The lowest BCUT2D eigenvalue weighted by atomic mass is 10.1. The third-order valence-corrected chi connectivity index (χ3v) is 3.44. The number of thiophene rings is 1. The van der Waals surface area contributed by atoms with Gasteiger partial charge in [-0.25, -0.2) is 0 Å². The third kappa shape index (κ3) is 1.01. The van der Waals surface area contributed by atoms with Gasteiger partial charge in [0.25, 0.3) is 0 Å². The second-order valence-corrected chi connectivity index (χ2v) is 4.44. The molecule has 68 valence electrons. The first-order valence-corrected chi connectivity index (χ1v) is 5.33. The number of benzene rings is 2. The standard InChI is InChI=1S/C12H9NS/c13-11-7-9-6-5-8-3-1-2-4-10(8)12(9)14-11/h1-7H,13H2. The largest absolute Gasteiger partial charge is 0.391 e. The Kier molecular flexibility index (Phi) is 1.52. The summed E-state index contributed by atoms with van der Waals surface area (Å²) in [6.45, 7) is 0. The van der Waals surface area contributed by atoms with Gasteiger partial charge in [0.2, 0.25) is 0 Å². The van der Waals surface area contributed by atoms with E-state index >= 15 is 0 Å². The third-order valence-electron chi connectivity index (χ3n) is 2.43. The fourth-order valence-corrected chi connectivity index (χ4v) is 2.75. The van der Waals surface area contributed by atoms with Gasteiger partial charge in [-0.1, -0.05) is 36.4 Å². The minimum absolute atomic E-state index is 0.886. The van der Waals surface area contributed by atoms with Crippen LogP contribution < -0.4 is 5.73 Å². The fraction of sp³-hybridized carbons (Fsp3) is 0. The highest BCUT2D eigenvalue weighted by molar-refractivity contribution is 7.23. The number of hydrogen-bond donors (Lipinski definition) is 1. The molecule has 0 aliphatic heterocycles. The summed E-state index contributed by atoms with van der Waals surface area (Å²) in [6, 6.07) is 14.7. The van der Waals surface area contributed by atoms with Crippen LogP contribution in [0.15, 0.2) is 42.5 Å².